The molecule has 1 saturated carbocycles. The predicted octanol–water partition coefficient (Wildman–Crippen LogP) is 2.84. The van der Waals surface area contributed by atoms with Crippen LogP contribution in [-0.2, 0) is 11.2 Å². The summed E-state index contributed by atoms with van der Waals surface area (Å²) < 4.78 is 5.79. The number of fused-ring (bicyclic) bond motifs is 1. The predicted molar refractivity (Wildman–Crippen MR) is 80.2 cm³/mol. The van der Waals surface area contributed by atoms with Gasteiger partial charge in [-0.2, -0.15) is 5.10 Å². The number of amides is 1. The first kappa shape index (κ1) is 14.6. The lowest BCUT2D eigenvalue weighted by atomic mass is 9.93. The summed E-state index contributed by atoms with van der Waals surface area (Å²) in [7, 11) is 1.92. The van der Waals surface area contributed by atoms with Crippen molar-refractivity contribution in [2.24, 2.45) is 0 Å². The van der Waals surface area contributed by atoms with Crippen LogP contribution in [0.3, 0.4) is 0 Å². The number of carbonyl (C=O) groups is 1. The highest BCUT2D eigenvalue weighted by Gasteiger charge is 2.32. The average molecular weight is 291 g/mol. The normalized spacial score (nSPS) is 26.4. The van der Waals surface area contributed by atoms with Gasteiger partial charge in [-0.1, -0.05) is 19.3 Å². The van der Waals surface area contributed by atoms with Crippen LogP contribution in [0.25, 0.3) is 0 Å². The Labute approximate surface area is 126 Å². The van der Waals surface area contributed by atoms with Crippen molar-refractivity contribution in [2.75, 3.05) is 7.05 Å². The molecule has 2 atom stereocenters. The van der Waals surface area contributed by atoms with E-state index in [2.05, 4.69) is 10.2 Å². The molecule has 1 N–H and O–H groups in total. The summed E-state index contributed by atoms with van der Waals surface area (Å²) in [6.45, 7) is 4.05. The minimum atomic E-state index is -0.0159. The van der Waals surface area contributed by atoms with E-state index >= 15 is 0 Å². The zero-order chi connectivity index (χ0) is 15.0. The molecule has 3 rings (SSSR count). The Kier molecular flexibility index (Phi) is 4.02. The summed E-state index contributed by atoms with van der Waals surface area (Å²) in [4.78, 5) is 14.7. The van der Waals surface area contributed by atoms with Gasteiger partial charge in [0.25, 0.3) is 5.91 Å². The van der Waals surface area contributed by atoms with Crippen LogP contribution >= 0.6 is 0 Å². The Morgan fingerprint density at radius 2 is 2.00 bits per heavy atom. The minimum Gasteiger partial charge on any atom is -0.369 e. The van der Waals surface area contributed by atoms with Crippen molar-refractivity contribution < 1.29 is 9.53 Å². The molecule has 1 amide bonds. The van der Waals surface area contributed by atoms with Crippen LogP contribution in [0.1, 0.15) is 73.8 Å². The summed E-state index contributed by atoms with van der Waals surface area (Å²) in [6.07, 6.45) is 6.86. The number of nitrogens with one attached hydrogen (secondary N) is 1. The molecular formula is C16H25N3O2. The maximum absolute atomic E-state index is 12.8. The van der Waals surface area contributed by atoms with Crippen LogP contribution in [0.5, 0.6) is 0 Å². The summed E-state index contributed by atoms with van der Waals surface area (Å²) in [5.74, 6) is 0.0562. The highest BCUT2D eigenvalue weighted by atomic mass is 16.5. The third-order valence-corrected chi connectivity index (χ3v) is 4.88. The molecule has 0 aromatic carbocycles. The number of carbonyl (C=O) groups excluding carboxylic acids is 1. The molecule has 0 unspecified atom stereocenters. The molecule has 1 aliphatic carbocycles. The SMILES string of the molecule is C[C@@H]1Cc2c(C(=O)N(C)C3CCCCC3)n[nH]c2[C@H](C)O1. The molecule has 5 heteroatoms. The van der Waals surface area contributed by atoms with Gasteiger partial charge in [-0.25, -0.2) is 0 Å². The first-order chi connectivity index (χ1) is 10.1. The number of H-pyrrole nitrogens is 1. The fourth-order valence-electron chi connectivity index (χ4n) is 3.65. The molecule has 2 aliphatic rings. The topological polar surface area (TPSA) is 58.2 Å². The van der Waals surface area contributed by atoms with E-state index in [-0.39, 0.29) is 18.1 Å². The van der Waals surface area contributed by atoms with Gasteiger partial charge in [0, 0.05) is 25.1 Å². The molecular weight excluding hydrogens is 266 g/mol. The van der Waals surface area contributed by atoms with Crippen molar-refractivity contribution in [1.82, 2.24) is 15.1 Å². The molecule has 2 heterocycles. The van der Waals surface area contributed by atoms with Crippen molar-refractivity contribution >= 4 is 5.91 Å². The van der Waals surface area contributed by atoms with Crippen LogP contribution < -0.4 is 0 Å². The Bertz CT molecular complexity index is 520. The van der Waals surface area contributed by atoms with E-state index in [1.54, 1.807) is 0 Å². The standard InChI is InChI=1S/C16H25N3O2/c1-10-9-13-14(11(2)21-10)17-18-15(13)16(20)19(3)12-7-5-4-6-8-12/h10-12H,4-9H2,1-3H3,(H,17,18)/t10-,11+/m1/s1. The molecule has 21 heavy (non-hydrogen) atoms. The molecule has 116 valence electrons. The van der Waals surface area contributed by atoms with Crippen molar-refractivity contribution in [3.63, 3.8) is 0 Å². The van der Waals surface area contributed by atoms with Gasteiger partial charge in [0.1, 0.15) is 0 Å². The molecule has 0 spiro atoms. The molecule has 0 radical (unpaired) electrons. The smallest absolute Gasteiger partial charge is 0.274 e. The Hall–Kier alpha value is -1.36. The van der Waals surface area contributed by atoms with Crippen molar-refractivity contribution in [3.05, 3.63) is 17.0 Å². The lowest BCUT2D eigenvalue weighted by molar-refractivity contribution is -0.00703. The van der Waals surface area contributed by atoms with E-state index in [1.807, 2.05) is 25.8 Å². The summed E-state index contributed by atoms with van der Waals surface area (Å²) in [6, 6.07) is 0.369. The Balaban J connectivity index is 1.82. The average Bonchev–Trinajstić information content (AvgIpc) is 2.90. The minimum absolute atomic E-state index is 0.0159. The summed E-state index contributed by atoms with van der Waals surface area (Å²) in [5, 5.41) is 7.32. The van der Waals surface area contributed by atoms with Gasteiger partial charge in [0.05, 0.1) is 17.9 Å². The lowest BCUT2D eigenvalue weighted by Crippen LogP contribution is -2.39. The first-order valence-electron chi connectivity index (χ1n) is 8.07. The second-order valence-corrected chi connectivity index (χ2v) is 6.47. The van der Waals surface area contributed by atoms with Gasteiger partial charge in [-0.3, -0.25) is 9.89 Å². The van der Waals surface area contributed by atoms with Crippen LogP contribution in [-0.4, -0.2) is 40.2 Å². The number of aromatic nitrogens is 2. The number of nitrogens with zero attached hydrogens (tertiary/aromatic N) is 2. The molecule has 1 aliphatic heterocycles. The Morgan fingerprint density at radius 3 is 2.71 bits per heavy atom. The van der Waals surface area contributed by atoms with Gasteiger partial charge in [-0.15, -0.1) is 0 Å². The van der Waals surface area contributed by atoms with Crippen LogP contribution in [0, 0.1) is 0 Å². The van der Waals surface area contributed by atoms with Crippen LogP contribution in [0.4, 0.5) is 0 Å². The van der Waals surface area contributed by atoms with E-state index in [0.717, 1.165) is 30.5 Å². The Morgan fingerprint density at radius 1 is 1.29 bits per heavy atom. The van der Waals surface area contributed by atoms with E-state index in [9.17, 15) is 4.79 Å². The van der Waals surface area contributed by atoms with Crippen molar-refractivity contribution in [2.45, 2.75) is 70.6 Å². The van der Waals surface area contributed by atoms with Crippen molar-refractivity contribution in [1.29, 1.82) is 0 Å². The molecule has 0 bridgehead atoms. The van der Waals surface area contributed by atoms with Gasteiger partial charge in [-0.05, 0) is 26.7 Å². The van der Waals surface area contributed by atoms with E-state index < -0.39 is 0 Å². The number of aromatic amines is 1. The van der Waals surface area contributed by atoms with Crippen molar-refractivity contribution in [3.8, 4) is 0 Å². The van der Waals surface area contributed by atoms with E-state index in [4.69, 9.17) is 4.74 Å². The largest absolute Gasteiger partial charge is 0.369 e. The second kappa shape index (κ2) is 5.79. The maximum Gasteiger partial charge on any atom is 0.274 e. The number of hydrogen-bond acceptors (Lipinski definition) is 3. The number of ether oxygens (including phenoxy) is 1. The molecule has 1 fully saturated rings. The zero-order valence-corrected chi connectivity index (χ0v) is 13.2. The molecule has 5 nitrogen and oxygen atoms in total. The fourth-order valence-corrected chi connectivity index (χ4v) is 3.65. The molecule has 0 saturated heterocycles. The van der Waals surface area contributed by atoms with Gasteiger partial charge in [0.15, 0.2) is 5.69 Å². The molecule has 1 aromatic rings. The summed E-state index contributed by atoms with van der Waals surface area (Å²) in [5.41, 5.74) is 2.61. The third-order valence-electron chi connectivity index (χ3n) is 4.88. The first-order valence-corrected chi connectivity index (χ1v) is 8.07. The van der Waals surface area contributed by atoms with E-state index in [0.29, 0.717) is 11.7 Å². The summed E-state index contributed by atoms with van der Waals surface area (Å²) >= 11 is 0. The monoisotopic (exact) mass is 291 g/mol. The quantitative estimate of drug-likeness (QED) is 0.911. The maximum atomic E-state index is 12.8. The van der Waals surface area contributed by atoms with Gasteiger partial charge < -0.3 is 9.64 Å². The molecule has 1 aromatic heterocycles. The highest BCUT2D eigenvalue weighted by molar-refractivity contribution is 5.94. The number of hydrogen-bond donors (Lipinski definition) is 1. The fraction of sp³-hybridized carbons (Fsp3) is 0.750. The zero-order valence-electron chi connectivity index (χ0n) is 13.2. The number of rotatable bonds is 2. The van der Waals surface area contributed by atoms with Gasteiger partial charge in [0.2, 0.25) is 0 Å². The van der Waals surface area contributed by atoms with E-state index in [1.165, 1.54) is 19.3 Å². The van der Waals surface area contributed by atoms with Crippen LogP contribution in [0.15, 0.2) is 0 Å². The third kappa shape index (κ3) is 2.71. The van der Waals surface area contributed by atoms with Gasteiger partial charge >= 0.3 is 0 Å². The van der Waals surface area contributed by atoms with Crippen LogP contribution in [0.2, 0.25) is 0 Å². The lowest BCUT2D eigenvalue weighted by Gasteiger charge is -2.31. The second-order valence-electron chi connectivity index (χ2n) is 6.47. The highest BCUT2D eigenvalue weighted by Crippen LogP contribution is 2.31.